The van der Waals surface area contributed by atoms with Gasteiger partial charge in [-0.15, -0.1) is 0 Å². The summed E-state index contributed by atoms with van der Waals surface area (Å²) in [7, 11) is 1.41. The van der Waals surface area contributed by atoms with Crippen molar-refractivity contribution in [2.75, 3.05) is 7.11 Å². The van der Waals surface area contributed by atoms with Crippen LogP contribution in [0.25, 0.3) is 0 Å². The zero-order valence-corrected chi connectivity index (χ0v) is 11.5. The first-order chi connectivity index (χ1) is 9.69. The maximum absolute atomic E-state index is 11.6. The highest BCUT2D eigenvalue weighted by atomic mass is 16.5. The molecule has 0 radical (unpaired) electrons. The number of phenols is 1. The van der Waals surface area contributed by atoms with E-state index in [-0.39, 0.29) is 17.6 Å². The molecule has 0 aliphatic rings. The molecule has 0 saturated carbocycles. The summed E-state index contributed by atoms with van der Waals surface area (Å²) in [6.07, 6.45) is 1.08. The summed E-state index contributed by atoms with van der Waals surface area (Å²) in [6.45, 7) is 0. The predicted molar refractivity (Wildman–Crippen MR) is 77.6 cm³/mol. The number of carbonyl (C=O) groups excluding carboxylic acids is 1. The van der Waals surface area contributed by atoms with Gasteiger partial charge in [0.25, 0.3) is 0 Å². The number of ether oxygens (including phenoxy) is 1. The maximum Gasteiger partial charge on any atom is 0.306 e. The third-order valence-corrected chi connectivity index (χ3v) is 3.33. The summed E-state index contributed by atoms with van der Waals surface area (Å²) < 4.78 is 4.78. The Morgan fingerprint density at radius 1 is 1.10 bits per heavy atom. The Balaban J connectivity index is 2.18. The third-order valence-electron chi connectivity index (χ3n) is 3.33. The second-order valence-electron chi connectivity index (χ2n) is 4.76. The SMILES string of the molecule is COC(=O)CC(Cc1ccc(O)cc1)c1ccccc1. The van der Waals surface area contributed by atoms with Crippen molar-refractivity contribution in [2.45, 2.75) is 18.8 Å². The van der Waals surface area contributed by atoms with E-state index in [2.05, 4.69) is 0 Å². The van der Waals surface area contributed by atoms with E-state index in [9.17, 15) is 9.90 Å². The molecule has 0 heterocycles. The molecule has 0 bridgehead atoms. The van der Waals surface area contributed by atoms with E-state index in [1.54, 1.807) is 12.1 Å². The standard InChI is InChI=1S/C17H18O3/c1-20-17(19)12-15(14-5-3-2-4-6-14)11-13-7-9-16(18)10-8-13/h2-10,15,18H,11-12H2,1H3. The highest BCUT2D eigenvalue weighted by Gasteiger charge is 2.17. The second-order valence-corrected chi connectivity index (χ2v) is 4.76. The fourth-order valence-electron chi connectivity index (χ4n) is 2.23. The third kappa shape index (κ3) is 3.85. The molecular formula is C17H18O3. The fourth-order valence-corrected chi connectivity index (χ4v) is 2.23. The molecule has 1 N–H and O–H groups in total. The number of phenolic OH excluding ortho intramolecular Hbond substituents is 1. The Labute approximate surface area is 118 Å². The topological polar surface area (TPSA) is 46.5 Å². The minimum Gasteiger partial charge on any atom is -0.508 e. The number of hydrogen-bond donors (Lipinski definition) is 1. The lowest BCUT2D eigenvalue weighted by atomic mass is 9.89. The van der Waals surface area contributed by atoms with Crippen LogP contribution >= 0.6 is 0 Å². The normalized spacial score (nSPS) is 11.8. The van der Waals surface area contributed by atoms with Crippen LogP contribution in [0.5, 0.6) is 5.75 Å². The Kier molecular flexibility index (Phi) is 4.77. The number of methoxy groups -OCH3 is 1. The van der Waals surface area contributed by atoms with Crippen molar-refractivity contribution in [2.24, 2.45) is 0 Å². The van der Waals surface area contributed by atoms with Gasteiger partial charge in [-0.25, -0.2) is 0 Å². The molecule has 2 rings (SSSR count). The van der Waals surface area contributed by atoms with Crippen molar-refractivity contribution < 1.29 is 14.6 Å². The molecule has 2 aromatic carbocycles. The van der Waals surface area contributed by atoms with Gasteiger partial charge in [0.05, 0.1) is 13.5 Å². The van der Waals surface area contributed by atoms with Crippen LogP contribution < -0.4 is 0 Å². The summed E-state index contributed by atoms with van der Waals surface area (Å²) >= 11 is 0. The van der Waals surface area contributed by atoms with Crippen molar-refractivity contribution in [3.63, 3.8) is 0 Å². The van der Waals surface area contributed by atoms with Crippen LogP contribution in [0.15, 0.2) is 54.6 Å². The lowest BCUT2D eigenvalue weighted by Gasteiger charge is -2.16. The van der Waals surface area contributed by atoms with Crippen LogP contribution in [0.4, 0.5) is 0 Å². The average molecular weight is 270 g/mol. The Morgan fingerprint density at radius 2 is 1.75 bits per heavy atom. The number of carbonyl (C=O) groups is 1. The van der Waals surface area contributed by atoms with Gasteiger partial charge < -0.3 is 9.84 Å². The van der Waals surface area contributed by atoms with Crippen molar-refractivity contribution in [1.82, 2.24) is 0 Å². The van der Waals surface area contributed by atoms with Gasteiger partial charge in [0.2, 0.25) is 0 Å². The molecule has 1 unspecified atom stereocenters. The van der Waals surface area contributed by atoms with E-state index in [1.165, 1.54) is 7.11 Å². The molecule has 1 atom stereocenters. The van der Waals surface area contributed by atoms with Crippen molar-refractivity contribution in [3.8, 4) is 5.75 Å². The molecule has 0 amide bonds. The summed E-state index contributed by atoms with van der Waals surface area (Å²) in [5, 5.41) is 9.32. The van der Waals surface area contributed by atoms with Gasteiger partial charge in [-0.1, -0.05) is 42.5 Å². The maximum atomic E-state index is 11.6. The van der Waals surface area contributed by atoms with E-state index >= 15 is 0 Å². The van der Waals surface area contributed by atoms with Crippen LogP contribution in [-0.2, 0) is 16.0 Å². The lowest BCUT2D eigenvalue weighted by molar-refractivity contribution is -0.141. The minimum absolute atomic E-state index is 0.0770. The largest absolute Gasteiger partial charge is 0.508 e. The van der Waals surface area contributed by atoms with Crippen LogP contribution in [-0.4, -0.2) is 18.2 Å². The first-order valence-electron chi connectivity index (χ1n) is 6.58. The highest BCUT2D eigenvalue weighted by molar-refractivity contribution is 5.70. The summed E-state index contributed by atoms with van der Waals surface area (Å²) in [5.41, 5.74) is 2.20. The molecule has 0 aromatic heterocycles. The molecule has 104 valence electrons. The van der Waals surface area contributed by atoms with Crippen LogP contribution in [0, 0.1) is 0 Å². The highest BCUT2D eigenvalue weighted by Crippen LogP contribution is 2.25. The smallest absolute Gasteiger partial charge is 0.306 e. The average Bonchev–Trinajstić information content (AvgIpc) is 2.49. The monoisotopic (exact) mass is 270 g/mol. The quantitative estimate of drug-likeness (QED) is 0.848. The molecule has 20 heavy (non-hydrogen) atoms. The Hall–Kier alpha value is -2.29. The van der Waals surface area contributed by atoms with E-state index in [0.29, 0.717) is 6.42 Å². The first-order valence-corrected chi connectivity index (χ1v) is 6.58. The number of hydrogen-bond acceptors (Lipinski definition) is 3. The molecule has 0 spiro atoms. The van der Waals surface area contributed by atoms with Crippen LogP contribution in [0.1, 0.15) is 23.5 Å². The van der Waals surface area contributed by atoms with Gasteiger partial charge in [-0.2, -0.15) is 0 Å². The molecule has 3 nitrogen and oxygen atoms in total. The van der Waals surface area contributed by atoms with E-state index in [4.69, 9.17) is 4.74 Å². The van der Waals surface area contributed by atoms with Gasteiger partial charge in [0.15, 0.2) is 0 Å². The zero-order chi connectivity index (χ0) is 14.4. The zero-order valence-electron chi connectivity index (χ0n) is 11.5. The molecule has 2 aromatic rings. The van der Waals surface area contributed by atoms with E-state index in [1.807, 2.05) is 42.5 Å². The number of aromatic hydroxyl groups is 1. The van der Waals surface area contributed by atoms with E-state index < -0.39 is 0 Å². The van der Waals surface area contributed by atoms with Crippen LogP contribution in [0.3, 0.4) is 0 Å². The molecule has 0 aliphatic carbocycles. The number of esters is 1. The van der Waals surface area contributed by atoms with Crippen molar-refractivity contribution >= 4 is 5.97 Å². The molecule has 0 fully saturated rings. The first kappa shape index (κ1) is 14.1. The molecule has 0 aliphatic heterocycles. The van der Waals surface area contributed by atoms with Crippen molar-refractivity contribution in [1.29, 1.82) is 0 Å². The van der Waals surface area contributed by atoms with Gasteiger partial charge in [-0.05, 0) is 35.6 Å². The molecular weight excluding hydrogens is 252 g/mol. The fraction of sp³-hybridized carbons (Fsp3) is 0.235. The van der Waals surface area contributed by atoms with Gasteiger partial charge in [0, 0.05) is 0 Å². The van der Waals surface area contributed by atoms with Gasteiger partial charge in [-0.3, -0.25) is 4.79 Å². The van der Waals surface area contributed by atoms with Crippen molar-refractivity contribution in [3.05, 3.63) is 65.7 Å². The molecule has 3 heteroatoms. The van der Waals surface area contributed by atoms with Gasteiger partial charge >= 0.3 is 5.97 Å². The Morgan fingerprint density at radius 3 is 2.35 bits per heavy atom. The van der Waals surface area contributed by atoms with Crippen LogP contribution in [0.2, 0.25) is 0 Å². The predicted octanol–water partition coefficient (Wildman–Crippen LogP) is 3.28. The number of rotatable bonds is 5. The Bertz CT molecular complexity index is 546. The lowest BCUT2D eigenvalue weighted by Crippen LogP contribution is -2.11. The summed E-state index contributed by atoms with van der Waals surface area (Å²) in [6, 6.07) is 17.0. The van der Waals surface area contributed by atoms with E-state index in [0.717, 1.165) is 17.5 Å². The number of benzene rings is 2. The van der Waals surface area contributed by atoms with Gasteiger partial charge in [0.1, 0.15) is 5.75 Å². The minimum atomic E-state index is -0.211. The second kappa shape index (κ2) is 6.75. The summed E-state index contributed by atoms with van der Waals surface area (Å²) in [5.74, 6) is 0.115. The molecule has 0 saturated heterocycles. The summed E-state index contributed by atoms with van der Waals surface area (Å²) in [4.78, 5) is 11.6.